The van der Waals surface area contributed by atoms with Crippen molar-refractivity contribution in [2.75, 3.05) is 7.11 Å². The summed E-state index contributed by atoms with van der Waals surface area (Å²) in [4.78, 5) is 4.91. The smallest absolute Gasteiger partial charge is 0.127 e. The van der Waals surface area contributed by atoms with E-state index in [1.54, 1.807) is 7.11 Å². The van der Waals surface area contributed by atoms with Crippen LogP contribution in [0.5, 0.6) is 5.75 Å². The van der Waals surface area contributed by atoms with E-state index in [1.165, 1.54) is 11.1 Å². The molecule has 0 aliphatic heterocycles. The van der Waals surface area contributed by atoms with Gasteiger partial charge in [0, 0.05) is 18.2 Å². The van der Waals surface area contributed by atoms with Gasteiger partial charge in [-0.25, -0.2) is 4.98 Å². The molecule has 0 aliphatic carbocycles. The van der Waals surface area contributed by atoms with Crippen molar-refractivity contribution >= 4 is 11.0 Å². The fourth-order valence-corrected chi connectivity index (χ4v) is 3.96. The molecular formula is C26H29N3O. The third kappa shape index (κ3) is 3.96. The monoisotopic (exact) mass is 399 g/mol. The van der Waals surface area contributed by atoms with Crippen LogP contribution in [0.4, 0.5) is 0 Å². The van der Waals surface area contributed by atoms with Crippen molar-refractivity contribution < 1.29 is 4.74 Å². The highest BCUT2D eigenvalue weighted by Crippen LogP contribution is 2.30. The highest BCUT2D eigenvalue weighted by atomic mass is 16.5. The number of imidazole rings is 1. The fourth-order valence-electron chi connectivity index (χ4n) is 3.96. The van der Waals surface area contributed by atoms with Crippen LogP contribution in [0.15, 0.2) is 72.8 Å². The van der Waals surface area contributed by atoms with Gasteiger partial charge in [0.25, 0.3) is 0 Å². The third-order valence-electron chi connectivity index (χ3n) is 5.51. The largest absolute Gasteiger partial charge is 0.496 e. The highest BCUT2D eigenvalue weighted by molar-refractivity contribution is 5.76. The van der Waals surface area contributed by atoms with Gasteiger partial charge in [-0.1, -0.05) is 54.6 Å². The summed E-state index contributed by atoms with van der Waals surface area (Å²) in [7, 11) is 1.71. The first kappa shape index (κ1) is 20.2. The van der Waals surface area contributed by atoms with Gasteiger partial charge < -0.3 is 14.6 Å². The second kappa shape index (κ2) is 8.72. The predicted molar refractivity (Wildman–Crippen MR) is 124 cm³/mol. The molecule has 30 heavy (non-hydrogen) atoms. The number of benzene rings is 3. The average molecular weight is 400 g/mol. The maximum atomic E-state index is 5.49. The van der Waals surface area contributed by atoms with E-state index in [0.29, 0.717) is 6.04 Å². The molecule has 0 aliphatic rings. The normalized spacial score (nSPS) is 12.4. The van der Waals surface area contributed by atoms with Crippen LogP contribution in [-0.2, 0) is 6.54 Å². The Balaban J connectivity index is 1.50. The Morgan fingerprint density at radius 3 is 2.33 bits per heavy atom. The minimum atomic E-state index is 0.147. The molecule has 4 heteroatoms. The Morgan fingerprint density at radius 1 is 0.900 bits per heavy atom. The Morgan fingerprint density at radius 2 is 1.60 bits per heavy atom. The van der Waals surface area contributed by atoms with Crippen LogP contribution >= 0.6 is 0 Å². The third-order valence-corrected chi connectivity index (χ3v) is 5.51. The summed E-state index contributed by atoms with van der Waals surface area (Å²) in [6, 6.07) is 25.6. The maximum absolute atomic E-state index is 5.49. The van der Waals surface area contributed by atoms with Crippen molar-refractivity contribution in [2.24, 2.45) is 0 Å². The standard InChI is InChI=1S/C26H29N3O/c1-18(2)29-24-11-7-6-10-23(24)28-26(29)19(3)27-17-20-13-15-21(16-14-20)22-9-5-8-12-25(22)30-4/h5-16,18-19,27H,17H2,1-4H3/t19-/m1/s1. The van der Waals surface area contributed by atoms with E-state index < -0.39 is 0 Å². The first-order valence-electron chi connectivity index (χ1n) is 10.5. The second-order valence-electron chi connectivity index (χ2n) is 7.92. The average Bonchev–Trinajstić information content (AvgIpc) is 3.18. The number of fused-ring (bicyclic) bond motifs is 1. The molecule has 0 bridgehead atoms. The van der Waals surface area contributed by atoms with Gasteiger partial charge in [-0.2, -0.15) is 0 Å². The molecule has 1 N–H and O–H groups in total. The van der Waals surface area contributed by atoms with Gasteiger partial charge in [-0.3, -0.25) is 0 Å². The highest BCUT2D eigenvalue weighted by Gasteiger charge is 2.18. The zero-order valence-electron chi connectivity index (χ0n) is 18.1. The lowest BCUT2D eigenvalue weighted by molar-refractivity contribution is 0.416. The van der Waals surface area contributed by atoms with E-state index in [0.717, 1.165) is 34.8 Å². The Hall–Kier alpha value is -3.11. The molecule has 1 atom stereocenters. The van der Waals surface area contributed by atoms with E-state index in [1.807, 2.05) is 24.3 Å². The molecule has 4 nitrogen and oxygen atoms in total. The maximum Gasteiger partial charge on any atom is 0.127 e. The lowest BCUT2D eigenvalue weighted by Gasteiger charge is -2.19. The van der Waals surface area contributed by atoms with Crippen LogP contribution in [0, 0.1) is 0 Å². The lowest BCUT2D eigenvalue weighted by atomic mass is 10.0. The molecule has 0 radical (unpaired) electrons. The van der Waals surface area contributed by atoms with Crippen LogP contribution < -0.4 is 10.1 Å². The van der Waals surface area contributed by atoms with Gasteiger partial charge >= 0.3 is 0 Å². The molecule has 1 heterocycles. The van der Waals surface area contributed by atoms with Crippen LogP contribution in [0.3, 0.4) is 0 Å². The Kier molecular flexibility index (Phi) is 5.86. The van der Waals surface area contributed by atoms with Gasteiger partial charge in [-0.05, 0) is 50.1 Å². The minimum Gasteiger partial charge on any atom is -0.496 e. The van der Waals surface area contributed by atoms with Crippen LogP contribution in [0.25, 0.3) is 22.2 Å². The Bertz CT molecular complexity index is 1130. The van der Waals surface area contributed by atoms with Gasteiger partial charge in [0.1, 0.15) is 11.6 Å². The SMILES string of the molecule is COc1ccccc1-c1ccc(CN[C@H](C)c2nc3ccccc3n2C(C)C)cc1. The molecule has 154 valence electrons. The number of nitrogens with one attached hydrogen (secondary N) is 1. The minimum absolute atomic E-state index is 0.147. The summed E-state index contributed by atoms with van der Waals surface area (Å²) in [6.07, 6.45) is 0. The van der Waals surface area contributed by atoms with Crippen molar-refractivity contribution in [3.8, 4) is 16.9 Å². The summed E-state index contributed by atoms with van der Waals surface area (Å²) in [6.45, 7) is 7.39. The van der Waals surface area contributed by atoms with E-state index in [9.17, 15) is 0 Å². The number of ether oxygens (including phenoxy) is 1. The second-order valence-corrected chi connectivity index (χ2v) is 7.92. The van der Waals surface area contributed by atoms with E-state index in [4.69, 9.17) is 9.72 Å². The number of aromatic nitrogens is 2. The number of rotatable bonds is 7. The molecule has 0 unspecified atom stereocenters. The molecule has 0 fully saturated rings. The number of nitrogens with zero attached hydrogens (tertiary/aromatic N) is 2. The fraction of sp³-hybridized carbons (Fsp3) is 0.269. The van der Waals surface area contributed by atoms with Gasteiger partial charge in [0.2, 0.25) is 0 Å². The van der Waals surface area contributed by atoms with Crippen molar-refractivity contribution in [1.82, 2.24) is 14.9 Å². The lowest BCUT2D eigenvalue weighted by Crippen LogP contribution is -2.22. The first-order chi connectivity index (χ1) is 14.6. The van der Waals surface area contributed by atoms with E-state index >= 15 is 0 Å². The number of hydrogen-bond donors (Lipinski definition) is 1. The van der Waals surface area contributed by atoms with Gasteiger partial charge in [-0.15, -0.1) is 0 Å². The summed E-state index contributed by atoms with van der Waals surface area (Å²) >= 11 is 0. The molecule has 3 aromatic carbocycles. The number of methoxy groups -OCH3 is 1. The van der Waals surface area contributed by atoms with E-state index in [-0.39, 0.29) is 6.04 Å². The number of hydrogen-bond acceptors (Lipinski definition) is 3. The Labute approximate surface area is 178 Å². The molecule has 0 saturated heterocycles. The van der Waals surface area contributed by atoms with Crippen molar-refractivity contribution in [3.63, 3.8) is 0 Å². The van der Waals surface area contributed by atoms with Crippen molar-refractivity contribution in [2.45, 2.75) is 39.4 Å². The summed E-state index contributed by atoms with van der Waals surface area (Å²) in [5.41, 5.74) is 5.76. The molecule has 0 spiro atoms. The van der Waals surface area contributed by atoms with Gasteiger partial charge in [0.05, 0.1) is 24.2 Å². The zero-order chi connectivity index (χ0) is 21.1. The topological polar surface area (TPSA) is 39.1 Å². The van der Waals surface area contributed by atoms with Crippen LogP contribution in [0.1, 0.15) is 44.2 Å². The zero-order valence-corrected chi connectivity index (χ0v) is 18.1. The van der Waals surface area contributed by atoms with Crippen LogP contribution in [-0.4, -0.2) is 16.7 Å². The van der Waals surface area contributed by atoms with Crippen LogP contribution in [0.2, 0.25) is 0 Å². The summed E-state index contributed by atoms with van der Waals surface area (Å²) in [5.74, 6) is 1.97. The first-order valence-corrected chi connectivity index (χ1v) is 10.5. The van der Waals surface area contributed by atoms with Crippen molar-refractivity contribution in [3.05, 3.63) is 84.2 Å². The molecule has 0 amide bonds. The quantitative estimate of drug-likeness (QED) is 0.405. The molecule has 0 saturated carbocycles. The molecule has 4 rings (SSSR count). The predicted octanol–water partition coefficient (Wildman–Crippen LogP) is 6.14. The summed E-state index contributed by atoms with van der Waals surface area (Å²) < 4.78 is 7.82. The summed E-state index contributed by atoms with van der Waals surface area (Å²) in [5, 5.41) is 3.65. The molecule has 1 aromatic heterocycles. The van der Waals surface area contributed by atoms with E-state index in [2.05, 4.69) is 79.2 Å². The van der Waals surface area contributed by atoms with Gasteiger partial charge in [0.15, 0.2) is 0 Å². The van der Waals surface area contributed by atoms with Crippen molar-refractivity contribution in [1.29, 1.82) is 0 Å². The number of para-hydroxylation sites is 3. The molecular weight excluding hydrogens is 370 g/mol. The molecule has 4 aromatic rings.